The van der Waals surface area contributed by atoms with Crippen molar-refractivity contribution in [2.24, 2.45) is 0 Å². The number of carbonyl (C=O) groups is 1. The highest BCUT2D eigenvalue weighted by atomic mass is 28.3. The first-order chi connectivity index (χ1) is 17.4. The van der Waals surface area contributed by atoms with Crippen molar-refractivity contribution in [3.8, 4) is 28.9 Å². The van der Waals surface area contributed by atoms with Gasteiger partial charge >= 0.3 is 0 Å². The summed E-state index contributed by atoms with van der Waals surface area (Å²) in [6.45, 7) is 14.1. The molecule has 7 nitrogen and oxygen atoms in total. The molecular formula is C28H37NO6Si2. The van der Waals surface area contributed by atoms with E-state index in [4.69, 9.17) is 23.4 Å². The van der Waals surface area contributed by atoms with Crippen molar-refractivity contribution < 1.29 is 28.2 Å². The summed E-state index contributed by atoms with van der Waals surface area (Å²) >= 11 is 0. The van der Waals surface area contributed by atoms with Crippen LogP contribution >= 0.6 is 0 Å². The molecule has 1 aliphatic rings. The van der Waals surface area contributed by atoms with Gasteiger partial charge in [-0.3, -0.25) is 4.79 Å². The fraction of sp³-hybridized carbons (Fsp3) is 0.393. The Morgan fingerprint density at radius 2 is 1.51 bits per heavy atom. The van der Waals surface area contributed by atoms with E-state index in [9.17, 15) is 4.79 Å². The quantitative estimate of drug-likeness (QED) is 0.382. The van der Waals surface area contributed by atoms with E-state index in [1.807, 2.05) is 0 Å². The zero-order valence-electron chi connectivity index (χ0n) is 23.3. The Kier molecular flexibility index (Phi) is 7.22. The van der Waals surface area contributed by atoms with Crippen LogP contribution in [0.15, 0.2) is 34.7 Å². The van der Waals surface area contributed by atoms with Crippen LogP contribution in [0.4, 0.5) is 5.69 Å². The highest BCUT2D eigenvalue weighted by molar-refractivity contribution is 7.03. The summed E-state index contributed by atoms with van der Waals surface area (Å²) < 4.78 is 28.3. The number of carbonyl (C=O) groups excluding carboxylic acids is 1. The first kappa shape index (κ1) is 26.9. The average molecular weight is 540 g/mol. The number of fused-ring (bicyclic) bond motifs is 1. The predicted molar refractivity (Wildman–Crippen MR) is 153 cm³/mol. The molecule has 2 aromatic carbocycles. The second kappa shape index (κ2) is 9.94. The van der Waals surface area contributed by atoms with Gasteiger partial charge in [0.15, 0.2) is 5.76 Å². The lowest BCUT2D eigenvalue weighted by atomic mass is 10.1. The maximum Gasteiger partial charge on any atom is 0.291 e. The number of benzene rings is 2. The van der Waals surface area contributed by atoms with Gasteiger partial charge in [0, 0.05) is 18.2 Å². The van der Waals surface area contributed by atoms with Gasteiger partial charge in [0.05, 0.1) is 37.5 Å². The Morgan fingerprint density at radius 3 is 2.11 bits per heavy atom. The fourth-order valence-corrected chi connectivity index (χ4v) is 16.3. The largest absolute Gasteiger partial charge is 0.496 e. The van der Waals surface area contributed by atoms with Gasteiger partial charge in [-0.05, 0) is 31.0 Å². The fourth-order valence-electron chi connectivity index (χ4n) is 5.31. The molecule has 3 aromatic rings. The summed E-state index contributed by atoms with van der Waals surface area (Å²) in [7, 11) is 1.53. The minimum Gasteiger partial charge on any atom is -0.496 e. The number of nitrogens with one attached hydrogen (secondary N) is 1. The summed E-state index contributed by atoms with van der Waals surface area (Å²) in [5.74, 6) is 2.14. The van der Waals surface area contributed by atoms with Crippen LogP contribution in [-0.4, -0.2) is 43.4 Å². The minimum atomic E-state index is -1.57. The Morgan fingerprint density at radius 1 is 0.892 bits per heavy atom. The summed E-state index contributed by atoms with van der Waals surface area (Å²) in [6, 6.07) is 11.6. The van der Waals surface area contributed by atoms with Gasteiger partial charge < -0.3 is 28.7 Å². The number of hydrogen-bond acceptors (Lipinski definition) is 6. The minimum absolute atomic E-state index is 0.117. The van der Waals surface area contributed by atoms with Crippen LogP contribution in [0.1, 0.15) is 21.7 Å². The lowest BCUT2D eigenvalue weighted by molar-refractivity contribution is 0.0991. The molecule has 9 heteroatoms. The Labute approximate surface area is 221 Å². The number of anilines is 1. The van der Waals surface area contributed by atoms with Gasteiger partial charge in [0.25, 0.3) is 11.9 Å². The van der Waals surface area contributed by atoms with E-state index >= 15 is 0 Å². The number of aryl methyl sites for hydroxylation is 1. The molecule has 2 heterocycles. The smallest absolute Gasteiger partial charge is 0.291 e. The number of amides is 1. The highest BCUT2D eigenvalue weighted by Gasteiger charge is 2.41. The van der Waals surface area contributed by atoms with Crippen molar-refractivity contribution in [2.75, 3.05) is 26.6 Å². The molecule has 4 rings (SSSR count). The van der Waals surface area contributed by atoms with Crippen LogP contribution in [0, 0.1) is 13.8 Å². The van der Waals surface area contributed by atoms with E-state index in [1.165, 1.54) is 31.9 Å². The van der Waals surface area contributed by atoms with Gasteiger partial charge in [-0.1, -0.05) is 54.7 Å². The maximum atomic E-state index is 13.1. The molecule has 0 atom stereocenters. The monoisotopic (exact) mass is 539 g/mol. The van der Waals surface area contributed by atoms with Gasteiger partial charge in [0.1, 0.15) is 28.7 Å². The van der Waals surface area contributed by atoms with Crippen LogP contribution in [0.2, 0.25) is 38.3 Å². The summed E-state index contributed by atoms with van der Waals surface area (Å²) in [6.07, 6.45) is 0. The molecule has 0 saturated heterocycles. The molecule has 1 aliphatic heterocycles. The number of furan rings is 1. The molecule has 1 amide bonds. The van der Waals surface area contributed by atoms with Crippen LogP contribution in [0.3, 0.4) is 0 Å². The average Bonchev–Trinajstić information content (AvgIpc) is 3.33. The van der Waals surface area contributed by atoms with Crippen molar-refractivity contribution in [1.29, 1.82) is 0 Å². The van der Waals surface area contributed by atoms with Gasteiger partial charge in [-0.25, -0.2) is 0 Å². The van der Waals surface area contributed by atoms with Gasteiger partial charge in [0.2, 0.25) is 0 Å². The molecule has 0 bridgehead atoms. The topological polar surface area (TPSA) is 79.2 Å². The Balaban J connectivity index is 1.62. The molecule has 0 spiro atoms. The van der Waals surface area contributed by atoms with Gasteiger partial charge in [-0.15, -0.1) is 0 Å². The maximum absolute atomic E-state index is 13.1. The van der Waals surface area contributed by atoms with Crippen LogP contribution in [-0.2, 0) is 0 Å². The summed E-state index contributed by atoms with van der Waals surface area (Å²) in [5, 5.41) is 5.95. The van der Waals surface area contributed by atoms with E-state index in [0.29, 0.717) is 22.9 Å². The second-order valence-corrected chi connectivity index (χ2v) is 20.5. The van der Waals surface area contributed by atoms with Crippen molar-refractivity contribution >= 4 is 38.1 Å². The van der Waals surface area contributed by atoms with E-state index in [1.54, 1.807) is 41.7 Å². The summed E-state index contributed by atoms with van der Waals surface area (Å²) in [4.78, 5) is 13.1. The Bertz CT molecular complexity index is 1320. The predicted octanol–water partition coefficient (Wildman–Crippen LogP) is 5.81. The van der Waals surface area contributed by atoms with Crippen molar-refractivity contribution in [1.82, 2.24) is 0 Å². The molecule has 0 fully saturated rings. The molecule has 1 aromatic heterocycles. The van der Waals surface area contributed by atoms with Crippen LogP contribution < -0.4 is 34.6 Å². The van der Waals surface area contributed by atoms with Crippen molar-refractivity contribution in [3.63, 3.8) is 0 Å². The standard InChI is InChI=1S/C28H37NO6Si2/c1-17-14-23-27(37(8,9)13-12-36(23,6)7)18(2)26(17)35-24-11-10-20(34-24)28(30)29-25-21(32-4)15-19(31-3)16-22(25)33-5/h10-11,14-16H,12-13H2,1-9H3,(H,29,30). The van der Waals surface area contributed by atoms with E-state index < -0.39 is 22.1 Å². The van der Waals surface area contributed by atoms with Gasteiger partial charge in [-0.2, -0.15) is 0 Å². The summed E-state index contributed by atoms with van der Waals surface area (Å²) in [5.41, 5.74) is 2.69. The normalized spacial score (nSPS) is 15.5. The lowest BCUT2D eigenvalue weighted by Gasteiger charge is -2.41. The molecule has 1 N–H and O–H groups in total. The van der Waals surface area contributed by atoms with Crippen LogP contribution in [0.5, 0.6) is 28.9 Å². The third-order valence-corrected chi connectivity index (χ3v) is 15.0. The molecule has 37 heavy (non-hydrogen) atoms. The number of methoxy groups -OCH3 is 3. The number of ether oxygens (including phenoxy) is 4. The number of hydrogen-bond donors (Lipinski definition) is 1. The molecule has 0 radical (unpaired) electrons. The zero-order chi connectivity index (χ0) is 27.1. The van der Waals surface area contributed by atoms with E-state index in [-0.39, 0.29) is 11.7 Å². The zero-order valence-corrected chi connectivity index (χ0v) is 25.3. The molecular weight excluding hydrogens is 502 g/mol. The highest BCUT2D eigenvalue weighted by Crippen LogP contribution is 2.39. The molecule has 0 saturated carbocycles. The van der Waals surface area contributed by atoms with E-state index in [0.717, 1.165) is 11.3 Å². The first-order valence-corrected chi connectivity index (χ1v) is 18.9. The SMILES string of the molecule is COc1cc(OC)c(NC(=O)c2ccc(Oc3c(C)cc4c(c3C)[Si](C)(C)CC[Si]4(C)C)o2)c(OC)c1. The first-order valence-electron chi connectivity index (χ1n) is 12.5. The Hall–Kier alpha value is -3.18. The van der Waals surface area contributed by atoms with E-state index in [2.05, 4.69) is 51.4 Å². The molecule has 198 valence electrons. The lowest BCUT2D eigenvalue weighted by Crippen LogP contribution is -2.64. The number of rotatable bonds is 7. The van der Waals surface area contributed by atoms with Crippen molar-refractivity contribution in [2.45, 2.75) is 52.1 Å². The molecule has 0 unspecified atom stereocenters. The third kappa shape index (κ3) is 5.02. The van der Waals surface area contributed by atoms with Crippen molar-refractivity contribution in [3.05, 3.63) is 47.2 Å². The third-order valence-electron chi connectivity index (χ3n) is 7.45. The molecule has 0 aliphatic carbocycles. The van der Waals surface area contributed by atoms with Crippen LogP contribution in [0.25, 0.3) is 0 Å². The second-order valence-electron chi connectivity index (χ2n) is 10.9.